The van der Waals surface area contributed by atoms with Crippen LogP contribution in [0.2, 0.25) is 0 Å². The highest BCUT2D eigenvalue weighted by Crippen LogP contribution is 2.39. The maximum absolute atomic E-state index is 12.5. The van der Waals surface area contributed by atoms with E-state index in [0.717, 1.165) is 41.6 Å². The Morgan fingerprint density at radius 3 is 3.12 bits per heavy atom. The molecule has 2 amide bonds. The summed E-state index contributed by atoms with van der Waals surface area (Å²) >= 11 is 0. The SMILES string of the molecule is O=C1NC2=CC(=NC(=O)c3ccc4nc[nH]c4c3)C=CC2C2=C1CCC2. The standard InChI is InChI=1S/C20H16N4O2/c25-19(11-4-7-16-18(8-11)22-10-21-16)23-12-5-6-14-13-2-1-3-15(13)20(26)24-17(14)9-12/h4-10,14H,1-3H2,(H,21,22)(H,24,26). The number of imidazole rings is 1. The lowest BCUT2D eigenvalue weighted by Crippen LogP contribution is -2.35. The van der Waals surface area contributed by atoms with Crippen molar-refractivity contribution in [1.82, 2.24) is 15.3 Å². The molecule has 0 bridgehead atoms. The molecule has 0 saturated heterocycles. The summed E-state index contributed by atoms with van der Waals surface area (Å²) in [6, 6.07) is 5.26. The summed E-state index contributed by atoms with van der Waals surface area (Å²) < 4.78 is 0. The predicted molar refractivity (Wildman–Crippen MR) is 97.6 cm³/mol. The summed E-state index contributed by atoms with van der Waals surface area (Å²) in [7, 11) is 0. The number of benzene rings is 1. The molecule has 0 saturated carbocycles. The number of rotatable bonds is 1. The second kappa shape index (κ2) is 5.62. The van der Waals surface area contributed by atoms with Gasteiger partial charge in [-0.15, -0.1) is 0 Å². The van der Waals surface area contributed by atoms with E-state index in [-0.39, 0.29) is 17.7 Å². The number of nitrogens with one attached hydrogen (secondary N) is 2. The fraction of sp³-hybridized carbons (Fsp3) is 0.200. The Morgan fingerprint density at radius 1 is 1.27 bits per heavy atom. The van der Waals surface area contributed by atoms with Gasteiger partial charge in [0.1, 0.15) is 0 Å². The van der Waals surface area contributed by atoms with Crippen LogP contribution in [0, 0.1) is 5.92 Å². The van der Waals surface area contributed by atoms with Gasteiger partial charge >= 0.3 is 0 Å². The van der Waals surface area contributed by atoms with Gasteiger partial charge in [0, 0.05) is 22.8 Å². The zero-order valence-corrected chi connectivity index (χ0v) is 14.0. The van der Waals surface area contributed by atoms with Gasteiger partial charge in [-0.25, -0.2) is 9.98 Å². The molecule has 2 N–H and O–H groups in total. The van der Waals surface area contributed by atoms with Crippen LogP contribution >= 0.6 is 0 Å². The maximum Gasteiger partial charge on any atom is 0.277 e. The Kier molecular flexibility index (Phi) is 3.25. The first-order valence-corrected chi connectivity index (χ1v) is 8.68. The van der Waals surface area contributed by atoms with E-state index in [1.807, 2.05) is 12.2 Å². The molecule has 2 aromatic rings. The topological polar surface area (TPSA) is 87.2 Å². The van der Waals surface area contributed by atoms with Crippen molar-refractivity contribution in [2.24, 2.45) is 10.9 Å². The molecule has 2 aliphatic carbocycles. The molecular weight excluding hydrogens is 328 g/mol. The number of carbonyl (C=O) groups excluding carboxylic acids is 2. The van der Waals surface area contributed by atoms with Crippen molar-refractivity contribution in [1.29, 1.82) is 0 Å². The van der Waals surface area contributed by atoms with Crippen LogP contribution in [0.5, 0.6) is 0 Å². The highest BCUT2D eigenvalue weighted by atomic mass is 16.2. The third kappa shape index (κ3) is 2.34. The van der Waals surface area contributed by atoms with E-state index in [9.17, 15) is 9.59 Å². The molecular formula is C20H16N4O2. The Labute approximate surface area is 149 Å². The minimum atomic E-state index is -0.320. The highest BCUT2D eigenvalue weighted by molar-refractivity contribution is 6.14. The number of hydrogen-bond donors (Lipinski definition) is 2. The first kappa shape index (κ1) is 15.0. The predicted octanol–water partition coefficient (Wildman–Crippen LogP) is 2.82. The van der Waals surface area contributed by atoms with Crippen LogP contribution in [0.1, 0.15) is 29.6 Å². The summed E-state index contributed by atoms with van der Waals surface area (Å²) in [6.45, 7) is 0. The van der Waals surface area contributed by atoms with Crippen LogP contribution in [0.4, 0.5) is 0 Å². The van der Waals surface area contributed by atoms with Crippen LogP contribution in [0.25, 0.3) is 11.0 Å². The number of aliphatic imine (C=N–C) groups is 1. The smallest absolute Gasteiger partial charge is 0.277 e. The monoisotopic (exact) mass is 344 g/mol. The first-order valence-electron chi connectivity index (χ1n) is 8.68. The average molecular weight is 344 g/mol. The van der Waals surface area contributed by atoms with E-state index in [4.69, 9.17) is 0 Å². The summed E-state index contributed by atoms with van der Waals surface area (Å²) in [6.07, 6.45) is 10.1. The molecule has 1 atom stereocenters. The van der Waals surface area contributed by atoms with Gasteiger partial charge in [-0.2, -0.15) is 0 Å². The molecule has 0 spiro atoms. The van der Waals surface area contributed by atoms with Crippen molar-refractivity contribution in [3.8, 4) is 0 Å². The number of allylic oxidation sites excluding steroid dienone is 3. The molecule has 26 heavy (non-hydrogen) atoms. The molecule has 1 aromatic carbocycles. The van der Waals surface area contributed by atoms with Gasteiger partial charge in [0.2, 0.25) is 0 Å². The molecule has 0 radical (unpaired) electrons. The van der Waals surface area contributed by atoms with Crippen LogP contribution < -0.4 is 5.32 Å². The third-order valence-electron chi connectivity index (χ3n) is 5.16. The van der Waals surface area contributed by atoms with Crippen molar-refractivity contribution in [2.75, 3.05) is 0 Å². The van der Waals surface area contributed by atoms with Crippen LogP contribution in [-0.2, 0) is 4.79 Å². The lowest BCUT2D eigenvalue weighted by Gasteiger charge is -2.28. The van der Waals surface area contributed by atoms with Crippen LogP contribution in [0.3, 0.4) is 0 Å². The van der Waals surface area contributed by atoms with Gasteiger partial charge in [0.15, 0.2) is 0 Å². The summed E-state index contributed by atoms with van der Waals surface area (Å²) in [5.74, 6) is -0.217. The Balaban J connectivity index is 1.45. The number of fused-ring (bicyclic) bond motifs is 3. The van der Waals surface area contributed by atoms with Gasteiger partial charge in [0.05, 0.1) is 23.1 Å². The van der Waals surface area contributed by atoms with Gasteiger partial charge < -0.3 is 10.3 Å². The zero-order chi connectivity index (χ0) is 17.7. The van der Waals surface area contributed by atoms with Gasteiger partial charge in [0.25, 0.3) is 11.8 Å². The molecule has 1 unspecified atom stereocenters. The molecule has 3 aliphatic rings. The van der Waals surface area contributed by atoms with Crippen molar-refractivity contribution in [3.05, 3.63) is 65.2 Å². The molecule has 0 fully saturated rings. The fourth-order valence-electron chi connectivity index (χ4n) is 3.91. The molecule has 5 rings (SSSR count). The zero-order valence-electron chi connectivity index (χ0n) is 14.0. The van der Waals surface area contributed by atoms with Crippen LogP contribution in [-0.4, -0.2) is 27.5 Å². The van der Waals surface area contributed by atoms with E-state index in [1.165, 1.54) is 5.57 Å². The second-order valence-corrected chi connectivity index (χ2v) is 6.72. The normalized spacial score (nSPS) is 23.1. The molecule has 128 valence electrons. The van der Waals surface area contributed by atoms with Crippen molar-refractivity contribution >= 4 is 28.6 Å². The largest absolute Gasteiger partial charge is 0.345 e. The summed E-state index contributed by atoms with van der Waals surface area (Å²) in [5.41, 5.74) is 5.61. The van der Waals surface area contributed by atoms with Gasteiger partial charge in [-0.05, 0) is 55.2 Å². The van der Waals surface area contributed by atoms with E-state index in [0.29, 0.717) is 11.3 Å². The summed E-state index contributed by atoms with van der Waals surface area (Å²) in [5, 5.41) is 2.96. The van der Waals surface area contributed by atoms with Gasteiger partial charge in [-0.1, -0.05) is 6.08 Å². The lowest BCUT2D eigenvalue weighted by molar-refractivity contribution is -0.117. The Bertz CT molecular complexity index is 1080. The Hall–Kier alpha value is -3.28. The molecule has 6 heteroatoms. The second-order valence-electron chi connectivity index (χ2n) is 6.72. The number of aromatic amines is 1. The number of amides is 2. The van der Waals surface area contributed by atoms with E-state index >= 15 is 0 Å². The average Bonchev–Trinajstić information content (AvgIpc) is 3.30. The van der Waals surface area contributed by atoms with E-state index < -0.39 is 0 Å². The highest BCUT2D eigenvalue weighted by Gasteiger charge is 2.34. The maximum atomic E-state index is 12.5. The minimum absolute atomic E-state index is 0.00864. The quantitative estimate of drug-likeness (QED) is 0.834. The van der Waals surface area contributed by atoms with Crippen LogP contribution in [0.15, 0.2) is 64.6 Å². The van der Waals surface area contributed by atoms with Crippen molar-refractivity contribution in [2.45, 2.75) is 19.3 Å². The lowest BCUT2D eigenvalue weighted by atomic mass is 9.85. The minimum Gasteiger partial charge on any atom is -0.345 e. The number of nitrogens with zero attached hydrogens (tertiary/aromatic N) is 2. The molecule has 2 heterocycles. The number of aromatic nitrogens is 2. The number of H-pyrrole nitrogens is 1. The van der Waals surface area contributed by atoms with Crippen molar-refractivity contribution < 1.29 is 9.59 Å². The van der Waals surface area contributed by atoms with E-state index in [2.05, 4.69) is 20.3 Å². The number of carbonyl (C=O) groups is 2. The number of hydrogen-bond acceptors (Lipinski definition) is 3. The first-order chi connectivity index (χ1) is 12.7. The Morgan fingerprint density at radius 2 is 2.19 bits per heavy atom. The summed E-state index contributed by atoms with van der Waals surface area (Å²) in [4.78, 5) is 36.1. The van der Waals surface area contributed by atoms with Crippen molar-refractivity contribution in [3.63, 3.8) is 0 Å². The van der Waals surface area contributed by atoms with Gasteiger partial charge in [-0.3, -0.25) is 9.59 Å². The van der Waals surface area contributed by atoms with E-state index in [1.54, 1.807) is 30.6 Å². The molecule has 6 nitrogen and oxygen atoms in total. The molecule has 1 aromatic heterocycles. The molecule has 1 aliphatic heterocycles. The third-order valence-corrected chi connectivity index (χ3v) is 5.16. The fourth-order valence-corrected chi connectivity index (χ4v) is 3.91.